The molecule has 0 bridgehead atoms. The van der Waals surface area contributed by atoms with Crippen molar-refractivity contribution in [3.05, 3.63) is 23.8 Å². The largest absolute Gasteiger partial charge is 0.486 e. The monoisotopic (exact) mass is 290 g/mol. The lowest BCUT2D eigenvalue weighted by atomic mass is 10.0. The van der Waals surface area contributed by atoms with E-state index in [9.17, 15) is 0 Å². The molecule has 2 aliphatic heterocycles. The SMILES string of the molecule is NC(CN1CCCCCCC1)c1ccc2c(c1)OCCO2. The van der Waals surface area contributed by atoms with Crippen LogP contribution in [0.2, 0.25) is 0 Å². The van der Waals surface area contributed by atoms with Crippen LogP contribution < -0.4 is 15.2 Å². The average Bonchev–Trinajstić information content (AvgIpc) is 2.49. The minimum Gasteiger partial charge on any atom is -0.486 e. The van der Waals surface area contributed by atoms with E-state index in [0.29, 0.717) is 13.2 Å². The average molecular weight is 290 g/mol. The number of benzene rings is 1. The van der Waals surface area contributed by atoms with Gasteiger partial charge >= 0.3 is 0 Å². The summed E-state index contributed by atoms with van der Waals surface area (Å²) in [6.07, 6.45) is 6.70. The van der Waals surface area contributed by atoms with Gasteiger partial charge in [-0.1, -0.05) is 25.3 Å². The minimum absolute atomic E-state index is 0.0419. The van der Waals surface area contributed by atoms with E-state index in [-0.39, 0.29) is 6.04 Å². The van der Waals surface area contributed by atoms with Crippen molar-refractivity contribution in [2.45, 2.75) is 38.1 Å². The van der Waals surface area contributed by atoms with Crippen LogP contribution in [0, 0.1) is 0 Å². The van der Waals surface area contributed by atoms with E-state index in [1.165, 1.54) is 45.2 Å². The van der Waals surface area contributed by atoms with Crippen LogP contribution in [0.4, 0.5) is 0 Å². The first-order valence-corrected chi connectivity index (χ1v) is 8.20. The molecule has 0 aromatic heterocycles. The molecule has 1 saturated heterocycles. The zero-order valence-corrected chi connectivity index (χ0v) is 12.7. The number of fused-ring (bicyclic) bond motifs is 1. The molecule has 2 N–H and O–H groups in total. The summed E-state index contributed by atoms with van der Waals surface area (Å²) in [6, 6.07) is 6.14. The van der Waals surface area contributed by atoms with Gasteiger partial charge in [0, 0.05) is 12.6 Å². The number of hydrogen-bond donors (Lipinski definition) is 1. The third-order valence-electron chi connectivity index (χ3n) is 4.40. The zero-order chi connectivity index (χ0) is 14.5. The van der Waals surface area contributed by atoms with Crippen molar-refractivity contribution in [2.24, 2.45) is 5.73 Å². The lowest BCUT2D eigenvalue weighted by Crippen LogP contribution is -2.34. The van der Waals surface area contributed by atoms with E-state index in [1.54, 1.807) is 0 Å². The van der Waals surface area contributed by atoms with Crippen LogP contribution in [0.25, 0.3) is 0 Å². The summed E-state index contributed by atoms with van der Waals surface area (Å²) in [5.41, 5.74) is 7.55. The van der Waals surface area contributed by atoms with Crippen molar-refractivity contribution in [1.82, 2.24) is 4.90 Å². The molecule has 2 heterocycles. The first-order valence-electron chi connectivity index (χ1n) is 8.20. The van der Waals surface area contributed by atoms with E-state index in [4.69, 9.17) is 15.2 Å². The Bertz CT molecular complexity index is 456. The molecule has 4 nitrogen and oxygen atoms in total. The number of nitrogens with two attached hydrogens (primary N) is 1. The van der Waals surface area contributed by atoms with E-state index in [0.717, 1.165) is 23.6 Å². The number of likely N-dealkylation sites (tertiary alicyclic amines) is 1. The molecule has 0 amide bonds. The molecule has 1 fully saturated rings. The third-order valence-corrected chi connectivity index (χ3v) is 4.40. The van der Waals surface area contributed by atoms with Gasteiger partial charge in [-0.15, -0.1) is 0 Å². The van der Waals surface area contributed by atoms with Crippen molar-refractivity contribution in [3.63, 3.8) is 0 Å². The van der Waals surface area contributed by atoms with Crippen LogP contribution in [0.15, 0.2) is 18.2 Å². The molecule has 116 valence electrons. The van der Waals surface area contributed by atoms with Gasteiger partial charge in [0.15, 0.2) is 11.5 Å². The van der Waals surface area contributed by atoms with Crippen LogP contribution in [0.3, 0.4) is 0 Å². The quantitative estimate of drug-likeness (QED) is 0.930. The second-order valence-corrected chi connectivity index (χ2v) is 6.08. The van der Waals surface area contributed by atoms with E-state index in [2.05, 4.69) is 11.0 Å². The third kappa shape index (κ3) is 3.89. The van der Waals surface area contributed by atoms with Gasteiger partial charge in [-0.2, -0.15) is 0 Å². The Morgan fingerprint density at radius 1 is 0.952 bits per heavy atom. The summed E-state index contributed by atoms with van der Waals surface area (Å²) >= 11 is 0. The molecule has 1 aromatic rings. The summed E-state index contributed by atoms with van der Waals surface area (Å²) in [7, 11) is 0. The molecular formula is C17H26N2O2. The Hall–Kier alpha value is -1.26. The highest BCUT2D eigenvalue weighted by Gasteiger charge is 2.17. The van der Waals surface area contributed by atoms with Crippen LogP contribution >= 0.6 is 0 Å². The number of rotatable bonds is 3. The van der Waals surface area contributed by atoms with E-state index >= 15 is 0 Å². The Morgan fingerprint density at radius 2 is 1.62 bits per heavy atom. The molecule has 0 aliphatic carbocycles. The van der Waals surface area contributed by atoms with Crippen LogP contribution in [0.5, 0.6) is 11.5 Å². The Kier molecular flexibility index (Phi) is 4.99. The molecule has 4 heteroatoms. The standard InChI is InChI=1S/C17H26N2O2/c18-15(13-19-8-4-2-1-3-5-9-19)14-6-7-16-17(12-14)21-11-10-20-16/h6-7,12,15H,1-5,8-11,13,18H2. The molecule has 1 atom stereocenters. The Morgan fingerprint density at radius 3 is 2.38 bits per heavy atom. The van der Waals surface area contributed by atoms with Gasteiger partial charge in [-0.05, 0) is 43.6 Å². The van der Waals surface area contributed by atoms with Crippen LogP contribution in [-0.4, -0.2) is 37.7 Å². The highest BCUT2D eigenvalue weighted by Crippen LogP contribution is 2.32. The second-order valence-electron chi connectivity index (χ2n) is 6.08. The highest BCUT2D eigenvalue weighted by atomic mass is 16.6. The van der Waals surface area contributed by atoms with Crippen molar-refractivity contribution < 1.29 is 9.47 Å². The summed E-state index contributed by atoms with van der Waals surface area (Å²) in [4.78, 5) is 2.51. The lowest BCUT2D eigenvalue weighted by Gasteiger charge is -2.28. The van der Waals surface area contributed by atoms with Gasteiger partial charge in [0.25, 0.3) is 0 Å². The molecule has 1 aromatic carbocycles. The number of hydrogen-bond acceptors (Lipinski definition) is 4. The number of nitrogens with zero attached hydrogens (tertiary/aromatic N) is 1. The first kappa shape index (κ1) is 14.7. The predicted molar refractivity (Wildman–Crippen MR) is 83.9 cm³/mol. The van der Waals surface area contributed by atoms with E-state index in [1.807, 2.05) is 12.1 Å². The van der Waals surface area contributed by atoms with E-state index < -0.39 is 0 Å². The summed E-state index contributed by atoms with van der Waals surface area (Å²) in [5.74, 6) is 1.67. The maximum absolute atomic E-state index is 6.41. The fraction of sp³-hybridized carbons (Fsp3) is 0.647. The topological polar surface area (TPSA) is 47.7 Å². The Labute approximate surface area is 127 Å². The highest BCUT2D eigenvalue weighted by molar-refractivity contribution is 5.44. The normalized spacial score (nSPS) is 21.4. The second kappa shape index (κ2) is 7.14. The molecule has 3 rings (SSSR count). The van der Waals surface area contributed by atoms with Gasteiger partial charge in [0.2, 0.25) is 0 Å². The lowest BCUT2D eigenvalue weighted by molar-refractivity contribution is 0.171. The summed E-state index contributed by atoms with van der Waals surface area (Å²) in [5, 5.41) is 0. The maximum Gasteiger partial charge on any atom is 0.161 e. The molecule has 21 heavy (non-hydrogen) atoms. The zero-order valence-electron chi connectivity index (χ0n) is 12.7. The van der Waals surface area contributed by atoms with Crippen LogP contribution in [-0.2, 0) is 0 Å². The van der Waals surface area contributed by atoms with Gasteiger partial charge < -0.3 is 20.1 Å². The molecule has 0 spiro atoms. The molecule has 1 unspecified atom stereocenters. The molecule has 2 aliphatic rings. The van der Waals surface area contributed by atoms with Crippen molar-refractivity contribution in [3.8, 4) is 11.5 Å². The number of ether oxygens (including phenoxy) is 2. The van der Waals surface area contributed by atoms with Crippen molar-refractivity contribution in [1.29, 1.82) is 0 Å². The molecular weight excluding hydrogens is 264 g/mol. The first-order chi connectivity index (χ1) is 10.3. The fourth-order valence-corrected chi connectivity index (χ4v) is 3.17. The summed E-state index contributed by atoms with van der Waals surface area (Å²) in [6.45, 7) is 4.54. The van der Waals surface area contributed by atoms with Crippen molar-refractivity contribution >= 4 is 0 Å². The fourth-order valence-electron chi connectivity index (χ4n) is 3.17. The smallest absolute Gasteiger partial charge is 0.161 e. The van der Waals surface area contributed by atoms with Gasteiger partial charge in [0.1, 0.15) is 13.2 Å². The maximum atomic E-state index is 6.41. The summed E-state index contributed by atoms with van der Waals surface area (Å²) < 4.78 is 11.2. The molecule has 0 saturated carbocycles. The van der Waals surface area contributed by atoms with Gasteiger partial charge in [-0.25, -0.2) is 0 Å². The van der Waals surface area contributed by atoms with Gasteiger partial charge in [-0.3, -0.25) is 0 Å². The van der Waals surface area contributed by atoms with Gasteiger partial charge in [0.05, 0.1) is 0 Å². The van der Waals surface area contributed by atoms with Crippen LogP contribution in [0.1, 0.15) is 43.7 Å². The predicted octanol–water partition coefficient (Wildman–Crippen LogP) is 2.72. The molecule has 0 radical (unpaired) electrons. The Balaban J connectivity index is 1.62. The van der Waals surface area contributed by atoms with Crippen molar-refractivity contribution in [2.75, 3.05) is 32.8 Å². The minimum atomic E-state index is 0.0419.